The number of halogens is 4. The lowest BCUT2D eigenvalue weighted by Crippen LogP contribution is -1.94. The van der Waals surface area contributed by atoms with E-state index in [4.69, 9.17) is 0 Å². The van der Waals surface area contributed by atoms with Crippen molar-refractivity contribution < 1.29 is 17.6 Å². The molecular weight excluding hydrogens is 845 g/mol. The fourth-order valence-corrected chi connectivity index (χ4v) is 12.3. The molecule has 0 amide bonds. The van der Waals surface area contributed by atoms with Gasteiger partial charge in [-0.1, -0.05) is 146 Å². The maximum atomic E-state index is 14.6. The van der Waals surface area contributed by atoms with Crippen LogP contribution in [0.1, 0.15) is 0 Å². The fraction of sp³-hybridized carbons (Fsp3) is 0. The van der Waals surface area contributed by atoms with E-state index in [1.807, 2.05) is 72.8 Å². The van der Waals surface area contributed by atoms with E-state index < -0.39 is 0 Å². The van der Waals surface area contributed by atoms with Gasteiger partial charge in [-0.25, -0.2) is 17.6 Å². The lowest BCUT2D eigenvalue weighted by atomic mass is 9.82. The summed E-state index contributed by atoms with van der Waals surface area (Å²) in [5.41, 5.74) is 16.6. The molecule has 4 heteroatoms. The molecule has 0 nitrogen and oxygen atoms in total. The Morgan fingerprint density at radius 3 is 0.618 bits per heavy atom. The first-order valence-corrected chi connectivity index (χ1v) is 22.8. The molecule has 0 N–H and O–H groups in total. The van der Waals surface area contributed by atoms with Gasteiger partial charge < -0.3 is 0 Å². The molecule has 0 aromatic heterocycles. The molecular formula is C64H32F4. The Balaban J connectivity index is 1.07. The Morgan fingerprint density at radius 2 is 0.397 bits per heavy atom. The van der Waals surface area contributed by atoms with E-state index >= 15 is 0 Å². The summed E-state index contributed by atoms with van der Waals surface area (Å²) >= 11 is 0. The van der Waals surface area contributed by atoms with E-state index in [9.17, 15) is 17.6 Å². The normalized spacial score (nSPS) is 12.4. The molecule has 0 saturated carbocycles. The number of fused-ring (bicyclic) bond motifs is 10. The molecule has 0 radical (unpaired) electrons. The van der Waals surface area contributed by atoms with Crippen molar-refractivity contribution in [2.75, 3.05) is 0 Å². The molecule has 13 aromatic carbocycles. The Labute approximate surface area is 386 Å². The van der Waals surface area contributed by atoms with Crippen molar-refractivity contribution in [3.8, 4) is 89.0 Å². The highest BCUT2D eigenvalue weighted by atomic mass is 19.1. The van der Waals surface area contributed by atoms with E-state index in [-0.39, 0.29) is 23.3 Å². The Kier molecular flexibility index (Phi) is 7.46. The highest BCUT2D eigenvalue weighted by molar-refractivity contribution is 6.42. The smallest absolute Gasteiger partial charge is 0.123 e. The van der Waals surface area contributed by atoms with Gasteiger partial charge in [-0.15, -0.1) is 0 Å². The van der Waals surface area contributed by atoms with Crippen LogP contribution in [-0.4, -0.2) is 0 Å². The summed E-state index contributed by atoms with van der Waals surface area (Å²) < 4.78 is 58.5. The molecule has 0 spiro atoms. The second-order valence-corrected chi connectivity index (χ2v) is 18.3. The third-order valence-corrected chi connectivity index (χ3v) is 14.9. The first kappa shape index (κ1) is 37.6. The Hall–Kier alpha value is -8.60. The third-order valence-electron chi connectivity index (χ3n) is 14.9. The maximum Gasteiger partial charge on any atom is 0.123 e. The Morgan fingerprint density at radius 1 is 0.176 bits per heavy atom. The lowest BCUT2D eigenvalue weighted by Gasteiger charge is -2.20. The summed E-state index contributed by atoms with van der Waals surface area (Å²) in [6.07, 6.45) is 0. The first-order chi connectivity index (χ1) is 33.4. The van der Waals surface area contributed by atoms with Gasteiger partial charge in [-0.2, -0.15) is 0 Å². The fourth-order valence-electron chi connectivity index (χ4n) is 12.3. The van der Waals surface area contributed by atoms with Crippen LogP contribution in [-0.2, 0) is 0 Å². The summed E-state index contributed by atoms with van der Waals surface area (Å²) in [5, 5.41) is 13.4. The topological polar surface area (TPSA) is 0 Å². The lowest BCUT2D eigenvalue weighted by molar-refractivity contribution is 0.627. The zero-order valence-electron chi connectivity index (χ0n) is 36.0. The summed E-state index contributed by atoms with van der Waals surface area (Å²) in [5.74, 6) is -1.18. The predicted molar refractivity (Wildman–Crippen MR) is 273 cm³/mol. The molecule has 0 fully saturated rings. The molecule has 0 saturated heterocycles. The van der Waals surface area contributed by atoms with Gasteiger partial charge in [0, 0.05) is 0 Å². The molecule has 0 heterocycles. The Bertz CT molecular complexity index is 3800. The van der Waals surface area contributed by atoms with Crippen LogP contribution in [0.2, 0.25) is 0 Å². The zero-order valence-corrected chi connectivity index (χ0v) is 36.0. The molecule has 316 valence electrons. The second-order valence-electron chi connectivity index (χ2n) is 18.3. The van der Waals surface area contributed by atoms with Gasteiger partial charge >= 0.3 is 0 Å². The highest BCUT2D eigenvalue weighted by Crippen LogP contribution is 2.62. The molecule has 0 unspecified atom stereocenters. The van der Waals surface area contributed by atoms with Gasteiger partial charge in [0.1, 0.15) is 23.3 Å². The maximum absolute atomic E-state index is 14.6. The van der Waals surface area contributed by atoms with Crippen LogP contribution in [0.4, 0.5) is 17.6 Å². The quantitative estimate of drug-likeness (QED) is 0.0939. The first-order valence-electron chi connectivity index (χ1n) is 22.8. The molecule has 0 atom stereocenters. The zero-order chi connectivity index (χ0) is 45.1. The van der Waals surface area contributed by atoms with Gasteiger partial charge in [0.2, 0.25) is 0 Å². The van der Waals surface area contributed by atoms with E-state index in [2.05, 4.69) is 72.8 Å². The third kappa shape index (κ3) is 4.88. The SMILES string of the molecule is Fc1ccc(-c2c3c(c(-c4ccc(F)cc4)c4ccccc24)-c2ccc4c5ccc6c7c(ccc(c8ccc-3c2c84)c75)-c2c-6c(-c3ccc(F)cc3)c3ccccc3c2-c2ccc(F)cc2)cc1. The summed E-state index contributed by atoms with van der Waals surface area (Å²) in [6.45, 7) is 0. The molecule has 0 bridgehead atoms. The number of benzene rings is 13. The van der Waals surface area contributed by atoms with Crippen LogP contribution in [0, 0.1) is 23.3 Å². The van der Waals surface area contributed by atoms with Gasteiger partial charge in [-0.05, 0) is 202 Å². The molecule has 15 rings (SSSR count). The average molecular weight is 877 g/mol. The number of hydrogen-bond donors (Lipinski definition) is 0. The monoisotopic (exact) mass is 876 g/mol. The molecule has 2 aliphatic carbocycles. The van der Waals surface area contributed by atoms with Crippen molar-refractivity contribution in [2.45, 2.75) is 0 Å². The van der Waals surface area contributed by atoms with Crippen LogP contribution in [0.5, 0.6) is 0 Å². The molecule has 0 aliphatic heterocycles. The van der Waals surface area contributed by atoms with Crippen molar-refractivity contribution in [3.05, 3.63) is 217 Å². The predicted octanol–water partition coefficient (Wildman–Crippen LogP) is 18.6. The van der Waals surface area contributed by atoms with E-state index in [0.717, 1.165) is 143 Å². The minimum absolute atomic E-state index is 0.294. The van der Waals surface area contributed by atoms with Crippen molar-refractivity contribution in [1.29, 1.82) is 0 Å². The van der Waals surface area contributed by atoms with Gasteiger partial charge in [0.25, 0.3) is 0 Å². The molecule has 2 aliphatic rings. The van der Waals surface area contributed by atoms with Crippen molar-refractivity contribution in [1.82, 2.24) is 0 Å². The number of rotatable bonds is 4. The minimum Gasteiger partial charge on any atom is -0.207 e. The van der Waals surface area contributed by atoms with Crippen LogP contribution in [0.3, 0.4) is 0 Å². The minimum atomic E-state index is -0.294. The molecule has 13 aromatic rings. The summed E-state index contributed by atoms with van der Waals surface area (Å²) in [7, 11) is 0. The second kappa shape index (κ2) is 13.5. The highest BCUT2D eigenvalue weighted by Gasteiger charge is 2.35. The summed E-state index contributed by atoms with van der Waals surface area (Å²) in [4.78, 5) is 0. The van der Waals surface area contributed by atoms with Crippen molar-refractivity contribution >= 4 is 64.6 Å². The molecule has 68 heavy (non-hydrogen) atoms. The van der Waals surface area contributed by atoms with Crippen LogP contribution >= 0.6 is 0 Å². The van der Waals surface area contributed by atoms with Crippen LogP contribution in [0.25, 0.3) is 154 Å². The average Bonchev–Trinajstić information content (AvgIpc) is 3.89. The summed E-state index contributed by atoms with van der Waals surface area (Å²) in [6, 6.07) is 62.1. The van der Waals surface area contributed by atoms with Gasteiger partial charge in [0.15, 0.2) is 0 Å². The largest absolute Gasteiger partial charge is 0.207 e. The van der Waals surface area contributed by atoms with Crippen LogP contribution < -0.4 is 0 Å². The van der Waals surface area contributed by atoms with Crippen molar-refractivity contribution in [2.24, 2.45) is 0 Å². The van der Waals surface area contributed by atoms with Crippen molar-refractivity contribution in [3.63, 3.8) is 0 Å². The van der Waals surface area contributed by atoms with E-state index in [1.165, 1.54) is 59.3 Å². The standard InChI is InChI=1S/C64H32F4/c65-37-17-9-33(10-18-37)53-41-5-1-2-6-42(41)54(34-11-19-38(66)20-12-34)62-50-30-26-46-48-28-32-52-60-51(31-27-47(58(48)60)45-25-29-49(61(53)62)59(50)57(45)46)63-55(35-13-21-39(67)22-14-35)43-7-3-4-8-44(43)56(64(52)63)36-15-23-40(68)24-16-36/h1-32H. The van der Waals surface area contributed by atoms with Gasteiger partial charge in [0.05, 0.1) is 0 Å². The number of hydrogen-bond acceptors (Lipinski definition) is 0. The van der Waals surface area contributed by atoms with E-state index in [1.54, 1.807) is 0 Å². The van der Waals surface area contributed by atoms with Gasteiger partial charge in [-0.3, -0.25) is 0 Å². The van der Waals surface area contributed by atoms with Crippen LogP contribution in [0.15, 0.2) is 194 Å². The van der Waals surface area contributed by atoms with E-state index in [0.29, 0.717) is 0 Å².